The van der Waals surface area contributed by atoms with Crippen molar-refractivity contribution in [1.82, 2.24) is 5.32 Å². The fourth-order valence-electron chi connectivity index (χ4n) is 4.43. The highest BCUT2D eigenvalue weighted by atomic mass is 35.5. The first-order valence-electron chi connectivity index (χ1n) is 11.1. The first-order chi connectivity index (χ1) is 15.9. The molecule has 7 heteroatoms. The number of methoxy groups -OCH3 is 1. The molecule has 180 valence electrons. The van der Waals surface area contributed by atoms with E-state index in [4.69, 9.17) is 9.47 Å². The maximum absolute atomic E-state index is 13.6. The van der Waals surface area contributed by atoms with Crippen LogP contribution in [0.25, 0.3) is 0 Å². The summed E-state index contributed by atoms with van der Waals surface area (Å²) >= 11 is 0. The second kappa shape index (κ2) is 11.4. The third-order valence-corrected chi connectivity index (χ3v) is 6.01. The Morgan fingerprint density at radius 3 is 2.74 bits per heavy atom. The molecule has 0 spiro atoms. The van der Waals surface area contributed by atoms with Crippen LogP contribution in [0.1, 0.15) is 45.0 Å². The highest BCUT2D eigenvalue weighted by Crippen LogP contribution is 2.40. The van der Waals surface area contributed by atoms with Crippen LogP contribution in [0.2, 0.25) is 0 Å². The molecule has 2 N–H and O–H groups in total. The van der Waals surface area contributed by atoms with Gasteiger partial charge in [0, 0.05) is 18.0 Å². The van der Waals surface area contributed by atoms with Gasteiger partial charge in [0.05, 0.1) is 12.7 Å². The van der Waals surface area contributed by atoms with E-state index in [9.17, 15) is 14.3 Å². The van der Waals surface area contributed by atoms with Crippen molar-refractivity contribution in [1.29, 1.82) is 0 Å². The van der Waals surface area contributed by atoms with E-state index >= 15 is 0 Å². The summed E-state index contributed by atoms with van der Waals surface area (Å²) < 4.78 is 24.9. The quantitative estimate of drug-likeness (QED) is 0.419. The molecule has 3 aromatic carbocycles. The molecule has 0 fully saturated rings. The van der Waals surface area contributed by atoms with Crippen LogP contribution in [-0.2, 0) is 6.42 Å². The van der Waals surface area contributed by atoms with E-state index in [-0.39, 0.29) is 36.0 Å². The Labute approximate surface area is 205 Å². The number of carboxylic acids is 1. The van der Waals surface area contributed by atoms with Gasteiger partial charge in [0.15, 0.2) is 11.6 Å². The van der Waals surface area contributed by atoms with Gasteiger partial charge in [0.1, 0.15) is 11.9 Å². The second-order valence-electron chi connectivity index (χ2n) is 8.43. The number of nitrogens with one attached hydrogen (secondary N) is 1. The Bertz CT molecular complexity index is 1150. The molecule has 0 aromatic heterocycles. The molecule has 0 radical (unpaired) electrons. The topological polar surface area (TPSA) is 67.8 Å². The average molecular weight is 486 g/mol. The number of hydrogen-bond acceptors (Lipinski definition) is 4. The van der Waals surface area contributed by atoms with Crippen LogP contribution in [0.4, 0.5) is 4.39 Å². The summed E-state index contributed by atoms with van der Waals surface area (Å²) in [6.07, 6.45) is 1.43. The van der Waals surface area contributed by atoms with Gasteiger partial charge in [-0.05, 0) is 73.3 Å². The van der Waals surface area contributed by atoms with Crippen molar-refractivity contribution >= 4 is 18.4 Å². The Hall–Kier alpha value is -3.09. The zero-order chi connectivity index (χ0) is 23.4. The van der Waals surface area contributed by atoms with E-state index in [1.54, 1.807) is 24.3 Å². The number of benzene rings is 3. The van der Waals surface area contributed by atoms with Crippen molar-refractivity contribution in [2.24, 2.45) is 0 Å². The lowest BCUT2D eigenvalue weighted by Gasteiger charge is -2.33. The van der Waals surface area contributed by atoms with Gasteiger partial charge in [-0.25, -0.2) is 9.18 Å². The molecule has 1 heterocycles. The molecule has 4 rings (SSSR count). The highest BCUT2D eigenvalue weighted by molar-refractivity contribution is 5.88. The number of aryl methyl sites for hydroxylation is 1. The number of carbonyl (C=O) groups is 1. The molecule has 1 aliphatic rings. The van der Waals surface area contributed by atoms with E-state index < -0.39 is 5.97 Å². The minimum Gasteiger partial charge on any atom is -0.494 e. The van der Waals surface area contributed by atoms with Crippen molar-refractivity contribution in [3.05, 3.63) is 94.3 Å². The van der Waals surface area contributed by atoms with Crippen LogP contribution in [0.15, 0.2) is 60.7 Å². The Morgan fingerprint density at radius 1 is 1.18 bits per heavy atom. The van der Waals surface area contributed by atoms with E-state index in [0.717, 1.165) is 40.8 Å². The lowest BCUT2D eigenvalue weighted by Crippen LogP contribution is -2.36. The number of para-hydroxylation sites is 1. The van der Waals surface area contributed by atoms with E-state index in [1.165, 1.54) is 13.2 Å². The molecule has 0 unspecified atom stereocenters. The molecule has 0 saturated carbocycles. The molecular weight excluding hydrogens is 457 g/mol. The number of halogens is 2. The van der Waals surface area contributed by atoms with Crippen LogP contribution < -0.4 is 14.8 Å². The third kappa shape index (κ3) is 5.88. The van der Waals surface area contributed by atoms with Gasteiger partial charge in [0.25, 0.3) is 0 Å². The van der Waals surface area contributed by atoms with Crippen LogP contribution in [0, 0.1) is 12.7 Å². The van der Waals surface area contributed by atoms with Crippen molar-refractivity contribution in [2.45, 2.75) is 31.8 Å². The SMILES string of the molecule is COc1cc(CCNC[C@H]2C[C@@H](c3cc(C)cc(C(=O)O)c3)c3ccccc3O2)ccc1F.Cl. The van der Waals surface area contributed by atoms with Gasteiger partial charge in [-0.15, -0.1) is 12.4 Å². The summed E-state index contributed by atoms with van der Waals surface area (Å²) in [6, 6.07) is 18.4. The van der Waals surface area contributed by atoms with Crippen molar-refractivity contribution < 1.29 is 23.8 Å². The molecule has 5 nitrogen and oxygen atoms in total. The molecule has 0 aliphatic carbocycles. The molecule has 0 saturated heterocycles. The van der Waals surface area contributed by atoms with Gasteiger partial charge in [-0.2, -0.15) is 0 Å². The van der Waals surface area contributed by atoms with Crippen molar-refractivity contribution in [2.75, 3.05) is 20.2 Å². The molecule has 1 aliphatic heterocycles. The molecule has 0 bridgehead atoms. The Balaban J connectivity index is 0.00000324. The average Bonchev–Trinajstić information content (AvgIpc) is 2.81. The van der Waals surface area contributed by atoms with Gasteiger partial charge in [-0.3, -0.25) is 0 Å². The monoisotopic (exact) mass is 485 g/mol. The summed E-state index contributed by atoms with van der Waals surface area (Å²) in [6.45, 7) is 3.29. The first-order valence-corrected chi connectivity index (χ1v) is 11.1. The van der Waals surface area contributed by atoms with Gasteiger partial charge < -0.3 is 19.9 Å². The predicted molar refractivity (Wildman–Crippen MR) is 132 cm³/mol. The number of rotatable bonds is 8. The Kier molecular flexibility index (Phi) is 8.53. The largest absolute Gasteiger partial charge is 0.494 e. The highest BCUT2D eigenvalue weighted by Gasteiger charge is 2.29. The summed E-state index contributed by atoms with van der Waals surface area (Å²) in [5.74, 6) is -0.141. The van der Waals surface area contributed by atoms with Gasteiger partial charge >= 0.3 is 5.97 Å². The van der Waals surface area contributed by atoms with Crippen LogP contribution >= 0.6 is 12.4 Å². The standard InChI is InChI=1S/C27H28FNO4.ClH/c1-17-11-19(14-20(12-17)27(30)31)23-15-21(33-25-6-4-3-5-22(23)25)16-29-10-9-18-7-8-24(28)26(13-18)32-2;/h3-8,11-14,21,23,29H,9-10,15-16H2,1-2H3,(H,30,31);1H/t21-,23+;/m1./s1. The fraction of sp³-hybridized carbons (Fsp3) is 0.296. The summed E-state index contributed by atoms with van der Waals surface area (Å²) in [5, 5.41) is 12.9. The van der Waals surface area contributed by atoms with Gasteiger partial charge in [0.2, 0.25) is 0 Å². The Morgan fingerprint density at radius 2 is 1.97 bits per heavy atom. The predicted octanol–water partition coefficient (Wildman–Crippen LogP) is 5.38. The van der Waals surface area contributed by atoms with Gasteiger partial charge in [-0.1, -0.05) is 30.3 Å². The molecule has 34 heavy (non-hydrogen) atoms. The normalized spacial score (nSPS) is 16.7. The third-order valence-electron chi connectivity index (χ3n) is 6.01. The van der Waals surface area contributed by atoms with E-state index in [2.05, 4.69) is 11.4 Å². The smallest absolute Gasteiger partial charge is 0.335 e. The molecule has 0 amide bonds. The molecular formula is C27H29ClFNO4. The fourth-order valence-corrected chi connectivity index (χ4v) is 4.43. The maximum Gasteiger partial charge on any atom is 0.335 e. The van der Waals surface area contributed by atoms with E-state index in [0.29, 0.717) is 18.7 Å². The number of fused-ring (bicyclic) bond motifs is 1. The van der Waals surface area contributed by atoms with Crippen LogP contribution in [0.5, 0.6) is 11.5 Å². The van der Waals surface area contributed by atoms with Crippen LogP contribution in [-0.4, -0.2) is 37.4 Å². The zero-order valence-electron chi connectivity index (χ0n) is 19.2. The summed E-state index contributed by atoms with van der Waals surface area (Å²) in [7, 11) is 1.46. The second-order valence-corrected chi connectivity index (χ2v) is 8.43. The number of carboxylic acid groups (broad SMARTS) is 1. The van der Waals surface area contributed by atoms with Crippen molar-refractivity contribution in [3.8, 4) is 11.5 Å². The first kappa shape index (κ1) is 25.5. The zero-order valence-corrected chi connectivity index (χ0v) is 20.0. The van der Waals surface area contributed by atoms with Crippen LogP contribution in [0.3, 0.4) is 0 Å². The minimum atomic E-state index is -0.920. The van der Waals surface area contributed by atoms with E-state index in [1.807, 2.05) is 31.2 Å². The number of hydrogen-bond donors (Lipinski definition) is 2. The maximum atomic E-state index is 13.6. The number of ether oxygens (including phenoxy) is 2. The summed E-state index contributed by atoms with van der Waals surface area (Å²) in [5.41, 5.74) is 4.30. The molecule has 3 aromatic rings. The minimum absolute atomic E-state index is 0. The van der Waals surface area contributed by atoms with Crippen molar-refractivity contribution in [3.63, 3.8) is 0 Å². The number of aromatic carboxylic acids is 1. The lowest BCUT2D eigenvalue weighted by atomic mass is 9.83. The lowest BCUT2D eigenvalue weighted by molar-refractivity contribution is 0.0696. The summed E-state index contributed by atoms with van der Waals surface area (Å²) in [4.78, 5) is 11.6. The molecule has 2 atom stereocenters.